The van der Waals surface area contributed by atoms with Crippen molar-refractivity contribution in [2.24, 2.45) is 0 Å². The quantitative estimate of drug-likeness (QED) is 0.369. The van der Waals surface area contributed by atoms with E-state index in [4.69, 9.17) is 14.2 Å². The average molecular weight is 335 g/mol. The first-order valence-electron chi connectivity index (χ1n) is 9.03. The Morgan fingerprint density at radius 1 is 1.21 bits per heavy atom. The summed E-state index contributed by atoms with van der Waals surface area (Å²) >= 11 is 0. The Morgan fingerprint density at radius 2 is 1.92 bits per heavy atom. The van der Waals surface area contributed by atoms with Crippen molar-refractivity contribution in [3.63, 3.8) is 0 Å². The van der Waals surface area contributed by atoms with Gasteiger partial charge in [0.1, 0.15) is 5.76 Å². The zero-order valence-corrected chi connectivity index (χ0v) is 14.9. The van der Waals surface area contributed by atoms with Gasteiger partial charge in [-0.15, -0.1) is 0 Å². The van der Waals surface area contributed by atoms with Crippen LogP contribution in [0.2, 0.25) is 0 Å². The van der Waals surface area contributed by atoms with Crippen LogP contribution < -0.4 is 0 Å². The molecule has 0 bridgehead atoms. The molecule has 0 aromatic rings. The molecule has 0 aromatic heterocycles. The van der Waals surface area contributed by atoms with Gasteiger partial charge in [0, 0.05) is 19.7 Å². The predicted molar refractivity (Wildman–Crippen MR) is 92.7 cm³/mol. The standard InChI is InChI=1S/C18H29N3O3/c1-3-5-9-23-17-14-16(21-7-11-22-12-8-21)18(13-15(17)20-19)24-10-6-4-2/h13-14,17H,3-12H2,1-2H3. The third-order valence-electron chi connectivity index (χ3n) is 4.15. The number of morpholine rings is 1. The molecule has 6 nitrogen and oxygen atoms in total. The summed E-state index contributed by atoms with van der Waals surface area (Å²) in [7, 11) is 0. The SMILES string of the molecule is CCCCOC1=CC(=[N+]=[N-])C(OCCCC)C=C1N1CCOCC1. The van der Waals surface area contributed by atoms with Gasteiger partial charge in [0.25, 0.3) is 0 Å². The Labute approximate surface area is 144 Å². The molecule has 1 aliphatic carbocycles. The van der Waals surface area contributed by atoms with Gasteiger partial charge in [-0.05, 0) is 18.9 Å². The van der Waals surface area contributed by atoms with Crippen LogP contribution in [-0.4, -0.2) is 61.0 Å². The van der Waals surface area contributed by atoms with Crippen molar-refractivity contribution in [2.75, 3.05) is 39.5 Å². The van der Waals surface area contributed by atoms with Crippen molar-refractivity contribution in [3.8, 4) is 0 Å². The summed E-state index contributed by atoms with van der Waals surface area (Å²) in [5.74, 6) is 0.758. The summed E-state index contributed by atoms with van der Waals surface area (Å²) in [6, 6.07) is 0. The minimum Gasteiger partial charge on any atom is -0.491 e. The van der Waals surface area contributed by atoms with Crippen LogP contribution in [0.15, 0.2) is 23.6 Å². The van der Waals surface area contributed by atoms with Gasteiger partial charge in [0.05, 0.1) is 31.6 Å². The van der Waals surface area contributed by atoms with E-state index in [0.29, 0.717) is 32.1 Å². The molecule has 6 heteroatoms. The summed E-state index contributed by atoms with van der Waals surface area (Å²) in [5, 5.41) is 0. The molecule has 0 N–H and O–H groups in total. The number of rotatable bonds is 9. The molecule has 0 radical (unpaired) electrons. The van der Waals surface area contributed by atoms with Gasteiger partial charge in [-0.3, -0.25) is 0 Å². The van der Waals surface area contributed by atoms with Gasteiger partial charge in [-0.2, -0.15) is 4.79 Å². The Morgan fingerprint density at radius 3 is 2.58 bits per heavy atom. The van der Waals surface area contributed by atoms with Crippen LogP contribution in [0.1, 0.15) is 39.5 Å². The lowest BCUT2D eigenvalue weighted by Crippen LogP contribution is -2.39. The number of unbranched alkanes of at least 4 members (excludes halogenated alkanes) is 2. The zero-order chi connectivity index (χ0) is 17.2. The summed E-state index contributed by atoms with van der Waals surface area (Å²) in [6.07, 6.45) is 7.61. The second kappa shape index (κ2) is 10.3. The summed E-state index contributed by atoms with van der Waals surface area (Å²) in [6.45, 7) is 8.64. The molecule has 0 aromatic carbocycles. The molecule has 1 unspecified atom stereocenters. The Kier molecular flexibility index (Phi) is 8.02. The van der Waals surface area contributed by atoms with Crippen molar-refractivity contribution >= 4 is 5.71 Å². The molecule has 1 fully saturated rings. The lowest BCUT2D eigenvalue weighted by Gasteiger charge is -2.33. The molecule has 0 spiro atoms. The van der Waals surface area contributed by atoms with Crippen LogP contribution in [0, 0.1) is 0 Å². The van der Waals surface area contributed by atoms with E-state index in [0.717, 1.165) is 50.2 Å². The summed E-state index contributed by atoms with van der Waals surface area (Å²) in [4.78, 5) is 5.67. The maximum Gasteiger partial charge on any atom is 0.328 e. The number of nitrogens with zero attached hydrogens (tertiary/aromatic N) is 3. The van der Waals surface area contributed by atoms with E-state index in [9.17, 15) is 5.53 Å². The smallest absolute Gasteiger partial charge is 0.328 e. The number of ether oxygens (including phenoxy) is 3. The molecular weight excluding hydrogens is 306 g/mol. The lowest BCUT2D eigenvalue weighted by molar-refractivity contribution is -0.0241. The second-order valence-electron chi connectivity index (χ2n) is 6.03. The molecule has 1 aliphatic heterocycles. The Hall–Kier alpha value is -1.62. The van der Waals surface area contributed by atoms with Crippen LogP contribution in [0.5, 0.6) is 0 Å². The van der Waals surface area contributed by atoms with Crippen molar-refractivity contribution in [3.05, 3.63) is 29.1 Å². The van der Waals surface area contributed by atoms with E-state index in [2.05, 4.69) is 23.5 Å². The van der Waals surface area contributed by atoms with E-state index in [1.54, 1.807) is 6.08 Å². The maximum absolute atomic E-state index is 9.35. The molecule has 2 rings (SSSR count). The third kappa shape index (κ3) is 5.20. The zero-order valence-electron chi connectivity index (χ0n) is 14.9. The summed E-state index contributed by atoms with van der Waals surface area (Å²) in [5.41, 5.74) is 10.9. The molecule has 2 aliphatic rings. The topological polar surface area (TPSA) is 67.3 Å². The Bertz CT molecular complexity index is 504. The van der Waals surface area contributed by atoms with Crippen LogP contribution in [0.3, 0.4) is 0 Å². The van der Waals surface area contributed by atoms with E-state index < -0.39 is 0 Å². The molecule has 0 saturated carbocycles. The van der Waals surface area contributed by atoms with Gasteiger partial charge < -0.3 is 24.6 Å². The number of hydrogen-bond acceptors (Lipinski definition) is 4. The van der Waals surface area contributed by atoms with Gasteiger partial charge in [-0.25, -0.2) is 0 Å². The number of hydrogen-bond donors (Lipinski definition) is 0. The highest BCUT2D eigenvalue weighted by atomic mass is 16.5. The van der Waals surface area contributed by atoms with Gasteiger partial charge in [0.2, 0.25) is 0 Å². The minimum atomic E-state index is -0.335. The molecular formula is C18H29N3O3. The first-order valence-corrected chi connectivity index (χ1v) is 9.03. The van der Waals surface area contributed by atoms with E-state index >= 15 is 0 Å². The Balaban J connectivity index is 2.16. The third-order valence-corrected chi connectivity index (χ3v) is 4.15. The van der Waals surface area contributed by atoms with E-state index in [-0.39, 0.29) is 6.10 Å². The van der Waals surface area contributed by atoms with Crippen LogP contribution in [-0.2, 0) is 14.2 Å². The fraction of sp³-hybridized carbons (Fsp3) is 0.722. The highest BCUT2D eigenvalue weighted by Gasteiger charge is 2.31. The normalized spacial score (nSPS) is 21.2. The highest BCUT2D eigenvalue weighted by molar-refractivity contribution is 5.97. The molecule has 24 heavy (non-hydrogen) atoms. The van der Waals surface area contributed by atoms with Crippen molar-refractivity contribution < 1.29 is 19.0 Å². The minimum absolute atomic E-state index is 0.335. The van der Waals surface area contributed by atoms with Crippen LogP contribution in [0.25, 0.3) is 5.53 Å². The highest BCUT2D eigenvalue weighted by Crippen LogP contribution is 2.25. The molecule has 1 heterocycles. The molecule has 1 saturated heterocycles. The largest absolute Gasteiger partial charge is 0.491 e. The van der Waals surface area contributed by atoms with Crippen molar-refractivity contribution in [2.45, 2.75) is 45.6 Å². The monoisotopic (exact) mass is 335 g/mol. The van der Waals surface area contributed by atoms with Gasteiger partial charge in [0.15, 0.2) is 6.10 Å². The predicted octanol–water partition coefficient (Wildman–Crippen LogP) is 2.77. The first kappa shape index (κ1) is 18.7. The fourth-order valence-corrected chi connectivity index (χ4v) is 2.68. The fourth-order valence-electron chi connectivity index (χ4n) is 2.68. The average Bonchev–Trinajstić information content (AvgIpc) is 2.63. The second-order valence-corrected chi connectivity index (χ2v) is 6.03. The van der Waals surface area contributed by atoms with Crippen molar-refractivity contribution in [1.82, 2.24) is 4.90 Å². The van der Waals surface area contributed by atoms with Crippen LogP contribution >= 0.6 is 0 Å². The van der Waals surface area contributed by atoms with E-state index in [1.165, 1.54) is 0 Å². The molecule has 1 atom stereocenters. The first-order chi connectivity index (χ1) is 11.8. The van der Waals surface area contributed by atoms with Gasteiger partial charge in [-0.1, -0.05) is 26.7 Å². The summed E-state index contributed by atoms with van der Waals surface area (Å²) < 4.78 is 17.3. The van der Waals surface area contributed by atoms with Crippen molar-refractivity contribution in [1.29, 1.82) is 0 Å². The maximum atomic E-state index is 9.35. The molecule has 0 amide bonds. The van der Waals surface area contributed by atoms with E-state index in [1.807, 2.05) is 6.08 Å². The van der Waals surface area contributed by atoms with Gasteiger partial charge >= 0.3 is 5.71 Å². The van der Waals surface area contributed by atoms with Crippen LogP contribution in [0.4, 0.5) is 0 Å². The lowest BCUT2D eigenvalue weighted by atomic mass is 10.0. The molecule has 134 valence electrons.